The van der Waals surface area contributed by atoms with Crippen molar-refractivity contribution >= 4 is 0 Å². The number of benzene rings is 2. The first-order valence-electron chi connectivity index (χ1n) is 7.27. The molecule has 0 radical (unpaired) electrons. The lowest BCUT2D eigenvalue weighted by molar-refractivity contribution is 0.305. The van der Waals surface area contributed by atoms with Crippen LogP contribution in [0.5, 0.6) is 5.75 Å². The Morgan fingerprint density at radius 1 is 1.24 bits per heavy atom. The molecule has 0 spiro atoms. The van der Waals surface area contributed by atoms with E-state index in [0.717, 1.165) is 30.6 Å². The Bertz CT molecular complexity index is 688. The minimum absolute atomic E-state index is 0.155. The summed E-state index contributed by atoms with van der Waals surface area (Å²) in [5.41, 5.74) is 10.2. The zero-order valence-corrected chi connectivity index (χ0v) is 11.9. The van der Waals surface area contributed by atoms with Crippen LogP contribution in [-0.4, -0.2) is 0 Å². The summed E-state index contributed by atoms with van der Waals surface area (Å²) in [6.07, 6.45) is 3.26. The third-order valence-corrected chi connectivity index (χ3v) is 4.01. The zero-order valence-electron chi connectivity index (χ0n) is 11.9. The maximum atomic E-state index is 9.08. The van der Waals surface area contributed by atoms with Crippen molar-refractivity contribution in [2.45, 2.75) is 31.9 Å². The number of nitrogens with zero attached hydrogens (tertiary/aromatic N) is 1. The quantitative estimate of drug-likeness (QED) is 0.935. The molecule has 2 N–H and O–H groups in total. The summed E-state index contributed by atoms with van der Waals surface area (Å²) in [6.45, 7) is 0.411. The van der Waals surface area contributed by atoms with Gasteiger partial charge in [0.2, 0.25) is 0 Å². The van der Waals surface area contributed by atoms with Crippen molar-refractivity contribution in [1.29, 1.82) is 5.26 Å². The molecule has 0 saturated heterocycles. The van der Waals surface area contributed by atoms with Gasteiger partial charge in [-0.1, -0.05) is 24.3 Å². The lowest BCUT2D eigenvalue weighted by Crippen LogP contribution is -2.17. The highest BCUT2D eigenvalue weighted by Crippen LogP contribution is 2.30. The molecule has 1 aliphatic carbocycles. The molecule has 1 aliphatic rings. The van der Waals surface area contributed by atoms with Gasteiger partial charge in [0.15, 0.2) is 0 Å². The number of aryl methyl sites for hydroxylation is 1. The summed E-state index contributed by atoms with van der Waals surface area (Å²) in [5, 5.41) is 9.08. The normalized spacial score (nSPS) is 16.9. The second-order valence-corrected chi connectivity index (χ2v) is 5.42. The lowest BCUT2D eigenvalue weighted by Gasteiger charge is -2.22. The Balaban J connectivity index is 1.76. The number of hydrogen-bond donors (Lipinski definition) is 1. The van der Waals surface area contributed by atoms with E-state index < -0.39 is 0 Å². The summed E-state index contributed by atoms with van der Waals surface area (Å²) in [7, 11) is 0. The fourth-order valence-electron chi connectivity index (χ4n) is 2.83. The molecule has 0 aliphatic heterocycles. The summed E-state index contributed by atoms with van der Waals surface area (Å²) >= 11 is 0. The van der Waals surface area contributed by atoms with Crippen LogP contribution in [0.3, 0.4) is 0 Å². The van der Waals surface area contributed by atoms with Crippen molar-refractivity contribution in [1.82, 2.24) is 0 Å². The largest absolute Gasteiger partial charge is 0.489 e. The molecule has 1 atom stereocenters. The van der Waals surface area contributed by atoms with Crippen LogP contribution in [0.4, 0.5) is 0 Å². The van der Waals surface area contributed by atoms with E-state index in [1.165, 1.54) is 11.1 Å². The summed E-state index contributed by atoms with van der Waals surface area (Å²) in [4.78, 5) is 0. The number of ether oxygens (including phenoxy) is 1. The first kappa shape index (κ1) is 13.7. The molecular weight excluding hydrogens is 260 g/mol. The van der Waals surface area contributed by atoms with Gasteiger partial charge >= 0.3 is 0 Å². The average Bonchev–Trinajstić information content (AvgIpc) is 2.53. The predicted molar refractivity (Wildman–Crippen MR) is 81.8 cm³/mol. The molecule has 106 valence electrons. The maximum Gasteiger partial charge on any atom is 0.120 e. The van der Waals surface area contributed by atoms with Gasteiger partial charge in [-0.25, -0.2) is 0 Å². The predicted octanol–water partition coefficient (Wildman–Crippen LogP) is 3.47. The van der Waals surface area contributed by atoms with Crippen molar-refractivity contribution < 1.29 is 4.74 Å². The summed E-state index contributed by atoms with van der Waals surface area (Å²) in [6, 6.07) is 16.0. The molecular formula is C18H18N2O. The Hall–Kier alpha value is -2.31. The maximum absolute atomic E-state index is 9.08. The van der Waals surface area contributed by atoms with Gasteiger partial charge in [0, 0.05) is 11.6 Å². The summed E-state index contributed by atoms with van der Waals surface area (Å²) < 4.78 is 5.84. The number of fused-ring (bicyclic) bond motifs is 1. The second kappa shape index (κ2) is 5.99. The van der Waals surface area contributed by atoms with Gasteiger partial charge in [0.25, 0.3) is 0 Å². The minimum Gasteiger partial charge on any atom is -0.489 e. The molecule has 3 rings (SSSR count). The standard InChI is InChI=1S/C18H18N2O/c19-11-14-4-1-2-5-15(14)12-21-16-8-9-17-13(10-16)6-3-7-18(17)20/h1-2,4-5,8-10,18H,3,6-7,12,20H2. The Morgan fingerprint density at radius 3 is 2.95 bits per heavy atom. The van der Waals surface area contributed by atoms with Gasteiger partial charge in [-0.2, -0.15) is 5.26 Å². The molecule has 2 aromatic rings. The van der Waals surface area contributed by atoms with E-state index in [1.807, 2.05) is 30.3 Å². The molecule has 0 saturated carbocycles. The van der Waals surface area contributed by atoms with Gasteiger partial charge in [0.1, 0.15) is 12.4 Å². The second-order valence-electron chi connectivity index (χ2n) is 5.42. The van der Waals surface area contributed by atoms with Crippen LogP contribution < -0.4 is 10.5 Å². The van der Waals surface area contributed by atoms with E-state index in [2.05, 4.69) is 18.2 Å². The molecule has 0 heterocycles. The topological polar surface area (TPSA) is 59.0 Å². The molecule has 0 amide bonds. The average molecular weight is 278 g/mol. The Morgan fingerprint density at radius 2 is 2.10 bits per heavy atom. The van der Waals surface area contributed by atoms with Crippen LogP contribution in [0.2, 0.25) is 0 Å². The van der Waals surface area contributed by atoms with Crippen LogP contribution in [0.15, 0.2) is 42.5 Å². The van der Waals surface area contributed by atoms with E-state index in [-0.39, 0.29) is 6.04 Å². The molecule has 1 unspecified atom stereocenters. The third kappa shape index (κ3) is 2.91. The first-order chi connectivity index (χ1) is 10.3. The number of hydrogen-bond acceptors (Lipinski definition) is 3. The van der Waals surface area contributed by atoms with E-state index >= 15 is 0 Å². The molecule has 3 heteroatoms. The highest BCUT2D eigenvalue weighted by atomic mass is 16.5. The monoisotopic (exact) mass is 278 g/mol. The first-order valence-corrected chi connectivity index (χ1v) is 7.27. The molecule has 3 nitrogen and oxygen atoms in total. The van der Waals surface area contributed by atoms with Gasteiger partial charge in [-0.05, 0) is 48.6 Å². The van der Waals surface area contributed by atoms with Crippen molar-refractivity contribution in [3.05, 3.63) is 64.7 Å². The van der Waals surface area contributed by atoms with Crippen molar-refractivity contribution in [3.8, 4) is 11.8 Å². The van der Waals surface area contributed by atoms with Crippen LogP contribution in [0.25, 0.3) is 0 Å². The van der Waals surface area contributed by atoms with Crippen LogP contribution in [0, 0.1) is 11.3 Å². The number of nitrogens with two attached hydrogens (primary N) is 1. The fourth-order valence-corrected chi connectivity index (χ4v) is 2.83. The van der Waals surface area contributed by atoms with Gasteiger partial charge < -0.3 is 10.5 Å². The van der Waals surface area contributed by atoms with E-state index in [0.29, 0.717) is 12.2 Å². The van der Waals surface area contributed by atoms with Gasteiger partial charge in [0.05, 0.1) is 11.6 Å². The molecule has 2 aromatic carbocycles. The molecule has 0 fully saturated rings. The zero-order chi connectivity index (χ0) is 14.7. The van der Waals surface area contributed by atoms with E-state index in [1.54, 1.807) is 0 Å². The van der Waals surface area contributed by atoms with Gasteiger partial charge in [-0.3, -0.25) is 0 Å². The molecule has 0 bridgehead atoms. The van der Waals surface area contributed by atoms with E-state index in [9.17, 15) is 0 Å². The van der Waals surface area contributed by atoms with E-state index in [4.69, 9.17) is 15.7 Å². The van der Waals surface area contributed by atoms with Crippen LogP contribution >= 0.6 is 0 Å². The number of rotatable bonds is 3. The van der Waals surface area contributed by atoms with Crippen molar-refractivity contribution in [2.75, 3.05) is 0 Å². The lowest BCUT2D eigenvalue weighted by atomic mass is 9.88. The van der Waals surface area contributed by atoms with Crippen LogP contribution in [-0.2, 0) is 13.0 Å². The minimum atomic E-state index is 0.155. The van der Waals surface area contributed by atoms with Crippen molar-refractivity contribution in [3.63, 3.8) is 0 Å². The highest BCUT2D eigenvalue weighted by Gasteiger charge is 2.17. The Labute approximate surface area is 125 Å². The SMILES string of the molecule is N#Cc1ccccc1COc1ccc2c(c1)CCCC2N. The van der Waals surface area contributed by atoms with Gasteiger partial charge in [-0.15, -0.1) is 0 Å². The van der Waals surface area contributed by atoms with Crippen molar-refractivity contribution in [2.24, 2.45) is 5.73 Å². The molecule has 21 heavy (non-hydrogen) atoms. The number of nitriles is 1. The Kier molecular flexibility index (Phi) is 3.89. The smallest absolute Gasteiger partial charge is 0.120 e. The highest BCUT2D eigenvalue weighted by molar-refractivity contribution is 5.40. The molecule has 0 aromatic heterocycles. The van der Waals surface area contributed by atoms with Crippen LogP contribution in [0.1, 0.15) is 41.1 Å². The summed E-state index contributed by atoms with van der Waals surface area (Å²) in [5.74, 6) is 0.843. The fraction of sp³-hybridized carbons (Fsp3) is 0.278. The third-order valence-electron chi connectivity index (χ3n) is 4.01.